The number of halogens is 1. The summed E-state index contributed by atoms with van der Waals surface area (Å²) in [5, 5.41) is 0.689. The average molecular weight is 347 g/mol. The van der Waals surface area contributed by atoms with Crippen LogP contribution in [0.3, 0.4) is 0 Å². The molecule has 126 valence electrons. The maximum Gasteiger partial charge on any atom is 0.598 e. The average Bonchev–Trinajstić information content (AvgIpc) is 2.51. The molecule has 0 spiro atoms. The summed E-state index contributed by atoms with van der Waals surface area (Å²) in [6.45, 7) is 5.77. The fourth-order valence-corrected chi connectivity index (χ4v) is 3.48. The summed E-state index contributed by atoms with van der Waals surface area (Å²) in [5.41, 5.74) is 2.05. The van der Waals surface area contributed by atoms with Crippen molar-refractivity contribution in [3.8, 4) is 12.3 Å². The van der Waals surface area contributed by atoms with Crippen molar-refractivity contribution in [1.29, 1.82) is 0 Å². The molecule has 2 atom stereocenters. The lowest BCUT2D eigenvalue weighted by Gasteiger charge is -2.33. The van der Waals surface area contributed by atoms with E-state index >= 15 is 0 Å². The molecule has 0 fully saturated rings. The maximum absolute atomic E-state index is 12.8. The molecule has 4 nitrogen and oxygen atoms in total. The van der Waals surface area contributed by atoms with Gasteiger partial charge in [0, 0.05) is 10.6 Å². The number of fused-ring (bicyclic) bond motifs is 3. The van der Waals surface area contributed by atoms with Gasteiger partial charge in [-0.1, -0.05) is 17.7 Å². The Morgan fingerprint density at radius 3 is 2.88 bits per heavy atom. The summed E-state index contributed by atoms with van der Waals surface area (Å²) in [6.07, 6.45) is 6.78. The lowest BCUT2D eigenvalue weighted by molar-refractivity contribution is -0.523. The molecule has 0 radical (unpaired) electrons. The van der Waals surface area contributed by atoms with E-state index in [2.05, 4.69) is 5.92 Å². The molecule has 5 heteroatoms. The molecule has 1 aromatic carbocycles. The van der Waals surface area contributed by atoms with Crippen molar-refractivity contribution in [2.45, 2.75) is 51.4 Å². The maximum atomic E-state index is 12.8. The lowest BCUT2D eigenvalue weighted by atomic mass is 9.84. The van der Waals surface area contributed by atoms with Gasteiger partial charge in [-0.25, -0.2) is 0 Å². The van der Waals surface area contributed by atoms with Crippen molar-refractivity contribution < 1.29 is 18.8 Å². The van der Waals surface area contributed by atoms with Crippen LogP contribution in [0.15, 0.2) is 18.2 Å². The first-order chi connectivity index (χ1) is 11.3. The molecule has 0 bridgehead atoms. The Balaban J connectivity index is 2.09. The molecule has 1 aliphatic heterocycles. The summed E-state index contributed by atoms with van der Waals surface area (Å²) >= 11 is 6.12. The molecule has 0 N–H and O–H groups in total. The Kier molecular flexibility index (Phi) is 4.42. The molecule has 2 aliphatic rings. The summed E-state index contributed by atoms with van der Waals surface area (Å²) in [7, 11) is 0. The predicted octanol–water partition coefficient (Wildman–Crippen LogP) is 3.75. The highest BCUT2D eigenvalue weighted by molar-refractivity contribution is 6.30. The number of rotatable bonds is 0. The van der Waals surface area contributed by atoms with Gasteiger partial charge in [-0.05, 0) is 57.2 Å². The van der Waals surface area contributed by atoms with Crippen LogP contribution in [0.5, 0.6) is 0 Å². The quantitative estimate of drug-likeness (QED) is 0.530. The molecule has 1 aromatic rings. The zero-order chi connectivity index (χ0) is 17.5. The SMILES string of the molecule is C#CC1=[N+](C(=O)OC(C)(C)C)[C@@H]2c3ccc(Cl)cc3CC[C@@H]2OC1. The highest BCUT2D eigenvalue weighted by atomic mass is 35.5. The predicted molar refractivity (Wildman–Crippen MR) is 92.6 cm³/mol. The summed E-state index contributed by atoms with van der Waals surface area (Å²) in [5.74, 6) is 2.59. The number of hydrogen-bond donors (Lipinski definition) is 0. The van der Waals surface area contributed by atoms with Crippen LogP contribution in [0.1, 0.15) is 44.4 Å². The van der Waals surface area contributed by atoms with Crippen molar-refractivity contribution in [2.24, 2.45) is 0 Å². The normalized spacial score (nSPS) is 23.1. The minimum Gasteiger partial charge on any atom is -0.406 e. The Hall–Kier alpha value is -1.83. The summed E-state index contributed by atoms with van der Waals surface area (Å²) < 4.78 is 13.1. The van der Waals surface area contributed by atoms with E-state index in [-0.39, 0.29) is 18.8 Å². The number of amides is 1. The Labute approximate surface area is 147 Å². The van der Waals surface area contributed by atoms with E-state index in [1.165, 1.54) is 0 Å². The topological polar surface area (TPSA) is 38.5 Å². The zero-order valence-electron chi connectivity index (χ0n) is 14.1. The highest BCUT2D eigenvalue weighted by Gasteiger charge is 2.48. The van der Waals surface area contributed by atoms with Gasteiger partial charge in [-0.15, -0.1) is 11.0 Å². The van der Waals surface area contributed by atoms with Crippen LogP contribution >= 0.6 is 11.6 Å². The molecule has 0 aromatic heterocycles. The van der Waals surface area contributed by atoms with E-state index in [9.17, 15) is 4.79 Å². The van der Waals surface area contributed by atoms with Gasteiger partial charge in [0.25, 0.3) is 5.71 Å². The molecule has 0 saturated carbocycles. The summed E-state index contributed by atoms with van der Waals surface area (Å²) in [6, 6.07) is 5.46. The number of aryl methyl sites for hydroxylation is 1. The van der Waals surface area contributed by atoms with Crippen LogP contribution in [0.25, 0.3) is 0 Å². The highest BCUT2D eigenvalue weighted by Crippen LogP contribution is 2.38. The van der Waals surface area contributed by atoms with Crippen LogP contribution in [-0.2, 0) is 15.9 Å². The zero-order valence-corrected chi connectivity index (χ0v) is 14.9. The number of terminal acetylenes is 1. The molecule has 1 aliphatic carbocycles. The van der Waals surface area contributed by atoms with E-state index in [0.29, 0.717) is 10.7 Å². The first kappa shape index (κ1) is 17.0. The molecular weight excluding hydrogens is 326 g/mol. The largest absolute Gasteiger partial charge is 0.598 e. The standard InChI is InChI=1S/C19H21ClNO3/c1-5-14-11-23-16-9-6-12-10-13(20)7-8-15(12)17(16)21(14)18(22)24-19(2,3)4/h1,7-8,10,16-17H,6,9,11H2,2-4H3/q+1/t16-,17+/m0/s1. The Morgan fingerprint density at radius 1 is 1.46 bits per heavy atom. The molecule has 0 unspecified atom stereocenters. The van der Waals surface area contributed by atoms with E-state index in [1.807, 2.05) is 39.0 Å². The van der Waals surface area contributed by atoms with Crippen molar-refractivity contribution >= 4 is 23.4 Å². The van der Waals surface area contributed by atoms with Crippen LogP contribution < -0.4 is 0 Å². The van der Waals surface area contributed by atoms with E-state index in [1.54, 1.807) is 4.58 Å². The fraction of sp³-hybridized carbons (Fsp3) is 0.474. The van der Waals surface area contributed by atoms with Gasteiger partial charge in [-0.3, -0.25) is 0 Å². The third-order valence-electron chi connectivity index (χ3n) is 4.23. The second-order valence-corrected chi connectivity index (χ2v) is 7.55. The third kappa shape index (κ3) is 3.19. The number of nitrogens with zero attached hydrogens (tertiary/aromatic N) is 1. The smallest absolute Gasteiger partial charge is 0.406 e. The number of hydrogen-bond acceptors (Lipinski definition) is 3. The Bertz CT molecular complexity index is 755. The monoisotopic (exact) mass is 346 g/mol. The first-order valence-electron chi connectivity index (χ1n) is 8.05. The third-order valence-corrected chi connectivity index (χ3v) is 4.47. The van der Waals surface area contributed by atoms with Crippen molar-refractivity contribution in [3.63, 3.8) is 0 Å². The number of ether oxygens (including phenoxy) is 2. The summed E-state index contributed by atoms with van der Waals surface area (Å²) in [4.78, 5) is 12.8. The van der Waals surface area contributed by atoms with Crippen LogP contribution in [0.4, 0.5) is 4.79 Å². The van der Waals surface area contributed by atoms with E-state index in [0.717, 1.165) is 24.0 Å². The molecule has 1 heterocycles. The second kappa shape index (κ2) is 6.23. The van der Waals surface area contributed by atoms with Crippen molar-refractivity contribution in [1.82, 2.24) is 0 Å². The molecular formula is C19H21ClNO3+. The van der Waals surface area contributed by atoms with Gasteiger partial charge in [0.1, 0.15) is 18.3 Å². The Morgan fingerprint density at radius 2 is 2.21 bits per heavy atom. The molecule has 0 saturated heterocycles. The van der Waals surface area contributed by atoms with E-state index in [4.69, 9.17) is 27.5 Å². The number of benzene rings is 1. The minimum absolute atomic E-state index is 0.0942. The van der Waals surface area contributed by atoms with Crippen LogP contribution in [-0.4, -0.2) is 34.7 Å². The van der Waals surface area contributed by atoms with Crippen LogP contribution in [0.2, 0.25) is 5.02 Å². The van der Waals surface area contributed by atoms with Crippen LogP contribution in [0, 0.1) is 12.3 Å². The van der Waals surface area contributed by atoms with Gasteiger partial charge in [0.05, 0.1) is 0 Å². The molecule has 3 rings (SSSR count). The van der Waals surface area contributed by atoms with E-state index < -0.39 is 11.7 Å². The van der Waals surface area contributed by atoms with Crippen molar-refractivity contribution in [3.05, 3.63) is 34.3 Å². The number of carbonyl (C=O) groups is 1. The molecule has 24 heavy (non-hydrogen) atoms. The lowest BCUT2D eigenvalue weighted by Crippen LogP contribution is -2.48. The molecule has 1 amide bonds. The van der Waals surface area contributed by atoms with Crippen molar-refractivity contribution in [2.75, 3.05) is 6.61 Å². The van der Waals surface area contributed by atoms with Gasteiger partial charge >= 0.3 is 6.09 Å². The first-order valence-corrected chi connectivity index (χ1v) is 8.42. The van der Waals surface area contributed by atoms with Gasteiger partial charge in [0.2, 0.25) is 6.04 Å². The fourth-order valence-electron chi connectivity index (χ4n) is 3.28. The van der Waals surface area contributed by atoms with Gasteiger partial charge < -0.3 is 9.47 Å². The van der Waals surface area contributed by atoms with Gasteiger partial charge in [-0.2, -0.15) is 4.79 Å². The number of carbonyl (C=O) groups excluding carboxylic acids is 1. The minimum atomic E-state index is -0.595. The second-order valence-electron chi connectivity index (χ2n) is 7.12. The van der Waals surface area contributed by atoms with Gasteiger partial charge in [0.15, 0.2) is 0 Å².